The first-order valence-electron chi connectivity index (χ1n) is 8.36. The average molecular weight is 438 g/mol. The molecule has 2 aromatic rings. The molecule has 0 saturated heterocycles. The van der Waals surface area contributed by atoms with Crippen LogP contribution in [0.1, 0.15) is 36.2 Å². The molecule has 0 atom stereocenters. The molecule has 1 aromatic heterocycles. The van der Waals surface area contributed by atoms with Gasteiger partial charge in [-0.1, -0.05) is 11.6 Å². The van der Waals surface area contributed by atoms with Gasteiger partial charge in [-0.15, -0.1) is 0 Å². The van der Waals surface area contributed by atoms with Gasteiger partial charge in [0.05, 0.1) is 11.3 Å². The molecule has 0 saturated carbocycles. The highest BCUT2D eigenvalue weighted by Gasteiger charge is 2.34. The van der Waals surface area contributed by atoms with Crippen molar-refractivity contribution in [2.75, 3.05) is 12.0 Å². The van der Waals surface area contributed by atoms with Crippen molar-refractivity contribution in [3.8, 4) is 0 Å². The topological polar surface area (TPSA) is 118 Å². The molecule has 0 fully saturated rings. The molecule has 2 N–H and O–H groups in total. The minimum atomic E-state index is -4.91. The summed E-state index contributed by atoms with van der Waals surface area (Å²) in [6.45, 7) is 0. The van der Waals surface area contributed by atoms with Gasteiger partial charge in [-0.05, 0) is 42.6 Å². The lowest BCUT2D eigenvalue weighted by molar-refractivity contribution is -0.139. The van der Waals surface area contributed by atoms with E-state index < -0.39 is 27.4 Å². The Balaban J connectivity index is 2.16. The first-order chi connectivity index (χ1) is 13.5. The van der Waals surface area contributed by atoms with Crippen LogP contribution >= 0.6 is 0 Å². The molecule has 0 aliphatic rings. The first kappa shape index (κ1) is 22.7. The first-order valence-corrected chi connectivity index (χ1v) is 10.4. The predicted octanol–water partition coefficient (Wildman–Crippen LogP) is 3.04. The monoisotopic (exact) mass is 438 g/mol. The van der Waals surface area contributed by atoms with Crippen LogP contribution < -0.4 is 5.48 Å². The molecule has 0 aliphatic heterocycles. The Hall–Kier alpha value is -2.54. The molecule has 13 heteroatoms. The van der Waals surface area contributed by atoms with Crippen LogP contribution in [-0.4, -0.2) is 41.8 Å². The normalized spacial score (nSPS) is 13.0. The van der Waals surface area contributed by atoms with Crippen molar-refractivity contribution in [1.29, 1.82) is 0 Å². The van der Waals surface area contributed by atoms with Gasteiger partial charge in [0.2, 0.25) is 0 Å². The molecule has 0 spiro atoms. The van der Waals surface area contributed by atoms with Gasteiger partial charge in [0.15, 0.2) is 11.5 Å². The van der Waals surface area contributed by atoms with Crippen LogP contribution in [-0.2, 0) is 22.4 Å². The molecular weight excluding hydrogens is 420 g/mol. The van der Waals surface area contributed by atoms with E-state index in [1.807, 2.05) is 0 Å². The molecular formula is C16H18F4N4O4S. The van der Waals surface area contributed by atoms with E-state index in [0.29, 0.717) is 37.8 Å². The van der Waals surface area contributed by atoms with Gasteiger partial charge in [0.1, 0.15) is 21.3 Å². The summed E-state index contributed by atoms with van der Waals surface area (Å²) in [7, 11) is -3.05. The highest BCUT2D eigenvalue weighted by Crippen LogP contribution is 2.33. The molecule has 1 heterocycles. The lowest BCUT2D eigenvalue weighted by atomic mass is 10.1. The second-order valence-corrected chi connectivity index (χ2v) is 8.49. The van der Waals surface area contributed by atoms with Crippen LogP contribution in [0, 0.1) is 5.82 Å². The summed E-state index contributed by atoms with van der Waals surface area (Å²) in [6, 6.07) is 2.10. The molecule has 1 aromatic carbocycles. The summed E-state index contributed by atoms with van der Waals surface area (Å²) in [5.41, 5.74) is 0.174. The average Bonchev–Trinajstić information content (AvgIpc) is 3.07. The minimum Gasteiger partial charge on any atom is -0.290 e. The lowest BCUT2D eigenvalue weighted by Crippen LogP contribution is -2.22. The Bertz CT molecular complexity index is 974. The van der Waals surface area contributed by atoms with Crippen molar-refractivity contribution in [3.63, 3.8) is 0 Å². The van der Waals surface area contributed by atoms with E-state index in [9.17, 15) is 31.2 Å². The van der Waals surface area contributed by atoms with Gasteiger partial charge in [-0.25, -0.2) is 22.4 Å². The van der Waals surface area contributed by atoms with Gasteiger partial charge < -0.3 is 0 Å². The zero-order valence-corrected chi connectivity index (χ0v) is 16.0. The zero-order chi connectivity index (χ0) is 21.7. The highest BCUT2D eigenvalue weighted by molar-refractivity contribution is 7.90. The van der Waals surface area contributed by atoms with E-state index in [-0.39, 0.29) is 28.7 Å². The van der Waals surface area contributed by atoms with E-state index in [2.05, 4.69) is 19.9 Å². The van der Waals surface area contributed by atoms with Gasteiger partial charge in [-0.3, -0.25) is 10.7 Å². The zero-order valence-electron chi connectivity index (χ0n) is 15.2. The van der Waals surface area contributed by atoms with Crippen LogP contribution in [0.15, 0.2) is 27.8 Å². The number of nitrogens with zero attached hydrogens (tertiary/aromatic N) is 3. The quantitative estimate of drug-likeness (QED) is 0.214. The Morgan fingerprint density at radius 1 is 1.24 bits per heavy atom. The van der Waals surface area contributed by atoms with Gasteiger partial charge >= 0.3 is 6.18 Å². The Morgan fingerprint density at radius 2 is 1.97 bits per heavy atom. The standard InChI is InChI=1S/C16H18F4N4O4S/c1-29(26,27)8-4-2-3-5-13-14(24-28-23-13)15(22-25)21-10-6-7-12(17)11(9-10)16(18,19)20/h6-7,9,25H,2-5,8H2,1H3,(H,21,22). The van der Waals surface area contributed by atoms with Crippen molar-refractivity contribution in [2.24, 2.45) is 4.99 Å². The molecule has 0 radical (unpaired) electrons. The fourth-order valence-electron chi connectivity index (χ4n) is 2.44. The van der Waals surface area contributed by atoms with Crippen LogP contribution in [0.2, 0.25) is 0 Å². The van der Waals surface area contributed by atoms with Gasteiger partial charge in [-0.2, -0.15) is 13.2 Å². The summed E-state index contributed by atoms with van der Waals surface area (Å²) >= 11 is 0. The number of halogens is 4. The van der Waals surface area contributed by atoms with Crippen LogP contribution in [0.4, 0.5) is 23.2 Å². The Morgan fingerprint density at radius 3 is 2.59 bits per heavy atom. The number of benzene rings is 1. The molecule has 2 rings (SSSR count). The third-order valence-corrected chi connectivity index (χ3v) is 4.84. The summed E-state index contributed by atoms with van der Waals surface area (Å²) in [4.78, 5) is 3.82. The van der Waals surface area contributed by atoms with E-state index in [1.165, 1.54) is 0 Å². The van der Waals surface area contributed by atoms with E-state index in [4.69, 9.17) is 0 Å². The molecule has 0 bridgehead atoms. The molecule has 29 heavy (non-hydrogen) atoms. The number of nitrogens with one attached hydrogen (secondary N) is 1. The maximum atomic E-state index is 13.4. The van der Waals surface area contributed by atoms with Crippen molar-refractivity contribution in [3.05, 3.63) is 41.0 Å². The van der Waals surface area contributed by atoms with Crippen molar-refractivity contribution in [2.45, 2.75) is 31.9 Å². The maximum Gasteiger partial charge on any atom is 0.419 e. The van der Waals surface area contributed by atoms with Crippen molar-refractivity contribution >= 4 is 21.4 Å². The number of alkyl halides is 3. The number of aromatic nitrogens is 2. The fraction of sp³-hybridized carbons (Fsp3) is 0.438. The minimum absolute atomic E-state index is 0.0338. The largest absolute Gasteiger partial charge is 0.419 e. The number of hydrogen-bond acceptors (Lipinski definition) is 7. The smallest absolute Gasteiger partial charge is 0.290 e. The molecule has 8 nitrogen and oxygen atoms in total. The molecule has 0 unspecified atom stereocenters. The van der Waals surface area contributed by atoms with Gasteiger partial charge in [0, 0.05) is 12.0 Å². The summed E-state index contributed by atoms with van der Waals surface area (Å²) < 4.78 is 78.7. The van der Waals surface area contributed by atoms with E-state index in [0.717, 1.165) is 12.3 Å². The maximum absolute atomic E-state index is 13.4. The number of sulfone groups is 1. The molecule has 0 aliphatic carbocycles. The number of aryl methyl sites for hydroxylation is 1. The lowest BCUT2D eigenvalue weighted by Gasteiger charge is -2.09. The third-order valence-electron chi connectivity index (χ3n) is 3.81. The molecule has 0 amide bonds. The number of hydroxylamine groups is 1. The number of amidine groups is 1. The summed E-state index contributed by atoms with van der Waals surface area (Å²) in [5, 5.41) is 16.6. The number of unbranched alkanes of at least 4 members (excludes halogenated alkanes) is 2. The summed E-state index contributed by atoms with van der Waals surface area (Å²) in [5.74, 6) is -1.74. The van der Waals surface area contributed by atoms with Gasteiger partial charge in [0.25, 0.3) is 0 Å². The number of hydrogen-bond donors (Lipinski definition) is 2. The summed E-state index contributed by atoms with van der Waals surface area (Å²) in [6.07, 6.45) is -1.90. The number of rotatable bonds is 8. The SMILES string of the molecule is CS(=O)(=O)CCCCCc1nonc1C(=Nc1ccc(F)c(C(F)(F)F)c1)NO. The second kappa shape index (κ2) is 9.31. The molecule has 160 valence electrons. The predicted molar refractivity (Wildman–Crippen MR) is 94.1 cm³/mol. The van der Waals surface area contributed by atoms with Crippen LogP contribution in [0.5, 0.6) is 0 Å². The van der Waals surface area contributed by atoms with E-state index >= 15 is 0 Å². The second-order valence-electron chi connectivity index (χ2n) is 6.23. The van der Waals surface area contributed by atoms with Crippen LogP contribution in [0.25, 0.3) is 0 Å². The third kappa shape index (κ3) is 6.78. The van der Waals surface area contributed by atoms with E-state index in [1.54, 1.807) is 5.48 Å². The van der Waals surface area contributed by atoms with Crippen molar-refractivity contribution in [1.82, 2.24) is 15.8 Å². The van der Waals surface area contributed by atoms with Crippen LogP contribution in [0.3, 0.4) is 0 Å². The van der Waals surface area contributed by atoms with Crippen molar-refractivity contribution < 1.29 is 35.8 Å². The Labute approximate surface area is 163 Å². The number of aliphatic imine (C=N–C) groups is 1. The Kier molecular flexibility index (Phi) is 7.30. The fourth-order valence-corrected chi connectivity index (χ4v) is 3.17. The highest BCUT2D eigenvalue weighted by atomic mass is 32.2.